The fraction of sp³-hybridized carbons (Fsp3) is 0.478. The molecule has 1 amide bonds. The maximum Gasteiger partial charge on any atom is 0.257 e. The largest absolute Gasteiger partial charge is 0.484 e. The third kappa shape index (κ3) is 3.75. The minimum Gasteiger partial charge on any atom is -0.484 e. The van der Waals surface area contributed by atoms with Gasteiger partial charge in [-0.25, -0.2) is 4.98 Å². The van der Waals surface area contributed by atoms with Crippen molar-refractivity contribution in [3.63, 3.8) is 0 Å². The van der Waals surface area contributed by atoms with Crippen LogP contribution in [0.4, 0.5) is 0 Å². The molecule has 2 aromatic rings. The van der Waals surface area contributed by atoms with Gasteiger partial charge < -0.3 is 19.9 Å². The Labute approximate surface area is 176 Å². The molecule has 2 fully saturated rings. The molecule has 0 radical (unpaired) electrons. The maximum atomic E-state index is 12.3. The number of hydrogen-bond donors (Lipinski definition) is 2. The van der Waals surface area contributed by atoms with Crippen molar-refractivity contribution in [1.82, 2.24) is 15.2 Å². The van der Waals surface area contributed by atoms with Crippen molar-refractivity contribution in [1.29, 1.82) is 0 Å². The quantitative estimate of drug-likeness (QED) is 0.757. The van der Waals surface area contributed by atoms with Crippen LogP contribution in [0.5, 0.6) is 11.6 Å². The predicted molar refractivity (Wildman–Crippen MR) is 110 cm³/mol. The summed E-state index contributed by atoms with van der Waals surface area (Å²) in [6.07, 6.45) is 1.55. The number of ether oxygens (including phenoxy) is 2. The highest BCUT2D eigenvalue weighted by molar-refractivity contribution is 5.82. The van der Waals surface area contributed by atoms with Crippen LogP contribution in [0, 0.1) is 17.8 Å². The molecule has 158 valence electrons. The summed E-state index contributed by atoms with van der Waals surface area (Å²) in [5.74, 6) is 2.36. The number of likely N-dealkylation sites (tertiary alicyclic amines) is 1. The zero-order valence-electron chi connectivity index (χ0n) is 17.0. The van der Waals surface area contributed by atoms with Gasteiger partial charge in [0.05, 0.1) is 6.61 Å². The van der Waals surface area contributed by atoms with Crippen molar-refractivity contribution in [2.45, 2.75) is 25.6 Å². The second-order valence-electron chi connectivity index (χ2n) is 8.61. The molecular formula is C23H27N3O4. The minimum atomic E-state index is -0.170. The van der Waals surface area contributed by atoms with E-state index in [1.807, 2.05) is 19.1 Å². The second-order valence-corrected chi connectivity index (χ2v) is 8.61. The molecule has 3 aliphatic rings. The van der Waals surface area contributed by atoms with Crippen molar-refractivity contribution >= 4 is 5.91 Å². The standard InChI is InChI=1S/C23H27N3O4/c1-14(12-27)25-22(28)21-17-10-26(11-18(17)21)9-15-4-6-16(7-5-15)20-13-29-19-3-2-8-24-23(19)30-20/h2-8,14,17-18,20-21,27H,9-13H2,1H3,(H,25,28)/t14-,17?,18?,20?,21?/m0/s1. The van der Waals surface area contributed by atoms with E-state index in [1.165, 1.54) is 5.56 Å². The van der Waals surface area contributed by atoms with Crippen LogP contribution < -0.4 is 14.8 Å². The minimum absolute atomic E-state index is 0.0169. The van der Waals surface area contributed by atoms with Crippen LogP contribution >= 0.6 is 0 Å². The molecule has 1 aliphatic carbocycles. The lowest BCUT2D eigenvalue weighted by Crippen LogP contribution is -2.38. The van der Waals surface area contributed by atoms with Crippen LogP contribution in [0.1, 0.15) is 24.2 Å². The Bertz CT molecular complexity index is 907. The van der Waals surface area contributed by atoms with Crippen molar-refractivity contribution in [2.24, 2.45) is 17.8 Å². The third-order valence-corrected chi connectivity index (χ3v) is 6.37. The summed E-state index contributed by atoms with van der Waals surface area (Å²) in [6.45, 7) is 5.09. The number of piperidine rings is 1. The number of carbonyl (C=O) groups excluding carboxylic acids is 1. The predicted octanol–water partition coefficient (Wildman–Crippen LogP) is 1.77. The Kier molecular flexibility index (Phi) is 5.08. The van der Waals surface area contributed by atoms with E-state index < -0.39 is 0 Å². The average Bonchev–Trinajstić information content (AvgIpc) is 3.29. The highest BCUT2D eigenvalue weighted by Crippen LogP contribution is 2.52. The van der Waals surface area contributed by atoms with Gasteiger partial charge in [0.25, 0.3) is 5.88 Å². The number of amides is 1. The third-order valence-electron chi connectivity index (χ3n) is 6.37. The molecule has 1 saturated carbocycles. The summed E-state index contributed by atoms with van der Waals surface area (Å²) in [7, 11) is 0. The first-order valence-corrected chi connectivity index (χ1v) is 10.6. The molecule has 4 atom stereocenters. The Balaban J connectivity index is 1.13. The number of aliphatic hydroxyl groups excluding tert-OH is 1. The van der Waals surface area contributed by atoms with Gasteiger partial charge in [-0.1, -0.05) is 24.3 Å². The lowest BCUT2D eigenvalue weighted by Gasteiger charge is -2.26. The summed E-state index contributed by atoms with van der Waals surface area (Å²) >= 11 is 0. The molecule has 3 unspecified atom stereocenters. The van der Waals surface area contributed by atoms with Gasteiger partial charge in [0.1, 0.15) is 6.61 Å². The van der Waals surface area contributed by atoms with E-state index in [2.05, 4.69) is 39.5 Å². The first-order chi connectivity index (χ1) is 14.6. The van der Waals surface area contributed by atoms with Gasteiger partial charge in [0.15, 0.2) is 11.9 Å². The molecule has 5 rings (SSSR count). The van der Waals surface area contributed by atoms with Gasteiger partial charge in [0, 0.05) is 37.8 Å². The van der Waals surface area contributed by atoms with Gasteiger partial charge >= 0.3 is 0 Å². The smallest absolute Gasteiger partial charge is 0.257 e. The fourth-order valence-electron chi connectivity index (χ4n) is 4.69. The number of pyridine rings is 1. The zero-order valence-corrected chi connectivity index (χ0v) is 17.0. The van der Waals surface area contributed by atoms with E-state index in [-0.39, 0.29) is 30.6 Å². The number of aromatic nitrogens is 1. The molecule has 0 bridgehead atoms. The maximum absolute atomic E-state index is 12.3. The number of carbonyl (C=O) groups is 1. The number of fused-ring (bicyclic) bond motifs is 2. The summed E-state index contributed by atoms with van der Waals surface area (Å²) < 4.78 is 11.7. The number of nitrogens with zero attached hydrogens (tertiary/aromatic N) is 2. The van der Waals surface area contributed by atoms with E-state index >= 15 is 0 Å². The molecule has 7 heteroatoms. The Hall–Kier alpha value is -2.64. The van der Waals surface area contributed by atoms with Gasteiger partial charge in [0.2, 0.25) is 5.91 Å². The van der Waals surface area contributed by atoms with E-state index in [1.54, 1.807) is 6.20 Å². The van der Waals surface area contributed by atoms with Crippen LogP contribution in [0.15, 0.2) is 42.6 Å². The van der Waals surface area contributed by atoms with E-state index in [0.29, 0.717) is 30.1 Å². The highest BCUT2D eigenvalue weighted by atomic mass is 16.6. The van der Waals surface area contributed by atoms with E-state index in [9.17, 15) is 4.79 Å². The Morgan fingerprint density at radius 3 is 2.77 bits per heavy atom. The Morgan fingerprint density at radius 2 is 2.03 bits per heavy atom. The molecular weight excluding hydrogens is 382 g/mol. The van der Waals surface area contributed by atoms with E-state index in [4.69, 9.17) is 14.6 Å². The summed E-state index contributed by atoms with van der Waals surface area (Å²) in [5, 5.41) is 12.0. The topological polar surface area (TPSA) is 83.9 Å². The van der Waals surface area contributed by atoms with Crippen molar-refractivity contribution in [3.05, 3.63) is 53.7 Å². The Morgan fingerprint density at radius 1 is 1.27 bits per heavy atom. The molecule has 7 nitrogen and oxygen atoms in total. The monoisotopic (exact) mass is 409 g/mol. The first kappa shape index (κ1) is 19.3. The molecule has 2 aliphatic heterocycles. The molecule has 2 N–H and O–H groups in total. The molecule has 1 aromatic heterocycles. The van der Waals surface area contributed by atoms with Crippen LogP contribution in [-0.4, -0.2) is 53.2 Å². The fourth-order valence-corrected chi connectivity index (χ4v) is 4.69. The van der Waals surface area contributed by atoms with Crippen LogP contribution in [-0.2, 0) is 11.3 Å². The number of hydrogen-bond acceptors (Lipinski definition) is 6. The number of benzene rings is 1. The lowest BCUT2D eigenvalue weighted by atomic mass is 10.1. The molecule has 1 aromatic carbocycles. The first-order valence-electron chi connectivity index (χ1n) is 10.6. The average molecular weight is 409 g/mol. The molecule has 3 heterocycles. The second kappa shape index (κ2) is 7.89. The molecule has 1 saturated heterocycles. The van der Waals surface area contributed by atoms with Crippen molar-refractivity contribution < 1.29 is 19.4 Å². The van der Waals surface area contributed by atoms with Crippen molar-refractivity contribution in [2.75, 3.05) is 26.3 Å². The summed E-state index contributed by atoms with van der Waals surface area (Å²) in [4.78, 5) is 18.9. The highest BCUT2D eigenvalue weighted by Gasteiger charge is 2.59. The molecule has 30 heavy (non-hydrogen) atoms. The lowest BCUT2D eigenvalue weighted by molar-refractivity contribution is -0.124. The number of rotatable bonds is 6. The van der Waals surface area contributed by atoms with E-state index in [0.717, 1.165) is 25.2 Å². The van der Waals surface area contributed by atoms with Crippen LogP contribution in [0.3, 0.4) is 0 Å². The summed E-state index contributed by atoms with van der Waals surface area (Å²) in [6, 6.07) is 12.0. The van der Waals surface area contributed by atoms with Crippen molar-refractivity contribution in [3.8, 4) is 11.6 Å². The normalized spacial score (nSPS) is 27.9. The van der Waals surface area contributed by atoms with Gasteiger partial charge in [-0.2, -0.15) is 0 Å². The van der Waals surface area contributed by atoms with Gasteiger partial charge in [-0.3, -0.25) is 9.69 Å². The van der Waals surface area contributed by atoms with Gasteiger partial charge in [-0.05, 0) is 42.0 Å². The zero-order chi connectivity index (χ0) is 20.7. The number of nitrogens with one attached hydrogen (secondary N) is 1. The SMILES string of the molecule is C[C@@H](CO)NC(=O)C1C2CN(Cc3ccc(C4COc5cccnc5O4)cc3)CC21. The van der Waals surface area contributed by atoms with Crippen LogP contribution in [0.2, 0.25) is 0 Å². The molecule has 0 spiro atoms. The van der Waals surface area contributed by atoms with Crippen LogP contribution in [0.25, 0.3) is 0 Å². The summed E-state index contributed by atoms with van der Waals surface area (Å²) in [5.41, 5.74) is 2.33. The number of aliphatic hydroxyl groups is 1. The van der Waals surface area contributed by atoms with Gasteiger partial charge in [-0.15, -0.1) is 0 Å².